The van der Waals surface area contributed by atoms with E-state index in [1.165, 1.54) is 12.8 Å². The highest BCUT2D eigenvalue weighted by molar-refractivity contribution is 5.83. The number of carbonyl (C=O) groups excluding carboxylic acids is 2. The molecule has 31 heavy (non-hydrogen) atoms. The second kappa shape index (κ2) is 9.37. The molecule has 1 aliphatic heterocycles. The van der Waals surface area contributed by atoms with Gasteiger partial charge < -0.3 is 24.4 Å². The minimum atomic E-state index is -0.314. The fourth-order valence-electron chi connectivity index (χ4n) is 4.19. The average molecular weight is 433 g/mol. The van der Waals surface area contributed by atoms with Crippen molar-refractivity contribution in [2.45, 2.75) is 46.0 Å². The van der Waals surface area contributed by atoms with E-state index in [-0.39, 0.29) is 29.1 Å². The van der Waals surface area contributed by atoms with E-state index in [1.54, 1.807) is 21.3 Å². The Hall–Kier alpha value is -2.44. The summed E-state index contributed by atoms with van der Waals surface area (Å²) < 4.78 is 16.5. The lowest BCUT2D eigenvalue weighted by atomic mass is 9.87. The van der Waals surface area contributed by atoms with Crippen molar-refractivity contribution in [2.75, 3.05) is 41.0 Å². The predicted octanol–water partition coefficient (Wildman–Crippen LogP) is 3.22. The summed E-state index contributed by atoms with van der Waals surface area (Å²) in [6.45, 7) is 7.79. The van der Waals surface area contributed by atoms with Gasteiger partial charge in [0, 0.05) is 32.0 Å². The maximum absolute atomic E-state index is 13.1. The largest absolute Gasteiger partial charge is 0.493 e. The number of nitrogens with zero attached hydrogens (tertiary/aromatic N) is 1. The highest BCUT2D eigenvalue weighted by Crippen LogP contribution is 2.43. The number of hydrogen-bond donors (Lipinski definition) is 1. The number of methoxy groups -OCH3 is 3. The molecule has 0 unspecified atom stereocenters. The van der Waals surface area contributed by atoms with Crippen molar-refractivity contribution in [3.63, 3.8) is 0 Å². The van der Waals surface area contributed by atoms with E-state index in [4.69, 9.17) is 14.2 Å². The van der Waals surface area contributed by atoms with Crippen molar-refractivity contribution in [1.82, 2.24) is 10.2 Å². The van der Waals surface area contributed by atoms with Gasteiger partial charge in [0.05, 0.1) is 27.2 Å². The van der Waals surface area contributed by atoms with Crippen molar-refractivity contribution in [3.8, 4) is 17.2 Å². The van der Waals surface area contributed by atoms with Crippen molar-refractivity contribution >= 4 is 11.8 Å². The summed E-state index contributed by atoms with van der Waals surface area (Å²) in [4.78, 5) is 27.9. The number of benzene rings is 1. The maximum Gasteiger partial charge on any atom is 0.225 e. The molecule has 1 aromatic rings. The first-order valence-electron chi connectivity index (χ1n) is 11.0. The molecule has 0 spiro atoms. The third-order valence-corrected chi connectivity index (χ3v) is 6.07. The van der Waals surface area contributed by atoms with Crippen molar-refractivity contribution in [1.29, 1.82) is 0 Å². The van der Waals surface area contributed by atoms with Gasteiger partial charge >= 0.3 is 0 Å². The molecule has 1 heterocycles. The average Bonchev–Trinajstić information content (AvgIpc) is 3.44. The molecule has 3 rings (SSSR count). The molecule has 7 nitrogen and oxygen atoms in total. The molecule has 1 aliphatic carbocycles. The number of likely N-dealkylation sites (tertiary alicyclic amines) is 1. The molecule has 0 radical (unpaired) electrons. The van der Waals surface area contributed by atoms with Gasteiger partial charge in [-0.15, -0.1) is 0 Å². The number of amides is 2. The van der Waals surface area contributed by atoms with Crippen LogP contribution in [-0.2, 0) is 9.59 Å². The smallest absolute Gasteiger partial charge is 0.225 e. The van der Waals surface area contributed by atoms with E-state index in [2.05, 4.69) is 26.1 Å². The van der Waals surface area contributed by atoms with Gasteiger partial charge in [0.25, 0.3) is 0 Å². The first-order valence-corrected chi connectivity index (χ1v) is 11.0. The number of hydrogen-bond acceptors (Lipinski definition) is 5. The Kier molecular flexibility index (Phi) is 7.02. The van der Waals surface area contributed by atoms with Crippen LogP contribution in [0.4, 0.5) is 0 Å². The third-order valence-electron chi connectivity index (χ3n) is 6.07. The Labute approximate surface area is 185 Å². The van der Waals surface area contributed by atoms with Crippen LogP contribution < -0.4 is 19.5 Å². The van der Waals surface area contributed by atoms with Crippen LogP contribution in [0, 0.1) is 17.3 Å². The molecule has 2 amide bonds. The molecular weight excluding hydrogens is 396 g/mol. The van der Waals surface area contributed by atoms with Crippen LogP contribution in [0.5, 0.6) is 17.2 Å². The monoisotopic (exact) mass is 432 g/mol. The van der Waals surface area contributed by atoms with Gasteiger partial charge in [-0.25, -0.2) is 0 Å². The number of carbonyl (C=O) groups is 2. The zero-order valence-corrected chi connectivity index (χ0v) is 19.6. The van der Waals surface area contributed by atoms with Gasteiger partial charge in [-0.3, -0.25) is 9.59 Å². The number of nitrogens with one attached hydrogen (secondary N) is 1. The molecule has 7 heteroatoms. The Bertz CT molecular complexity index is 788. The molecule has 2 fully saturated rings. The van der Waals surface area contributed by atoms with E-state index < -0.39 is 0 Å². The molecule has 2 atom stereocenters. The molecule has 172 valence electrons. The van der Waals surface area contributed by atoms with Crippen LogP contribution >= 0.6 is 0 Å². The van der Waals surface area contributed by atoms with E-state index >= 15 is 0 Å². The Balaban J connectivity index is 1.89. The predicted molar refractivity (Wildman–Crippen MR) is 119 cm³/mol. The van der Waals surface area contributed by atoms with E-state index in [0.29, 0.717) is 49.2 Å². The fourth-order valence-corrected chi connectivity index (χ4v) is 4.19. The lowest BCUT2D eigenvalue weighted by Crippen LogP contribution is -2.37. The number of ether oxygens (including phenoxy) is 3. The van der Waals surface area contributed by atoms with E-state index in [1.807, 2.05) is 17.0 Å². The molecular formula is C24H36N2O5. The molecule has 1 N–H and O–H groups in total. The standard InChI is InChI=1S/C24H36N2O5/c1-24(2,3)11-21(27)26-13-17(18(14-26)23(28)25-12-15-7-8-15)16-9-19(29-4)22(31-6)20(10-16)30-5/h9-10,15,17-18H,7-8,11-14H2,1-6H3,(H,25,28)/t17-,18-/m0/s1. The SMILES string of the molecule is COc1cc([C@@H]2CN(C(=O)CC(C)(C)C)C[C@@H]2C(=O)NCC2CC2)cc(OC)c1OC. The van der Waals surface area contributed by atoms with Crippen LogP contribution in [0.3, 0.4) is 0 Å². The molecule has 0 bridgehead atoms. The van der Waals surface area contributed by atoms with E-state index in [0.717, 1.165) is 5.56 Å². The summed E-state index contributed by atoms with van der Waals surface area (Å²) in [6, 6.07) is 3.79. The van der Waals surface area contributed by atoms with Crippen LogP contribution in [0.25, 0.3) is 0 Å². The van der Waals surface area contributed by atoms with Gasteiger partial charge in [0.15, 0.2) is 11.5 Å². The first kappa shape index (κ1) is 23.2. The number of rotatable bonds is 8. The van der Waals surface area contributed by atoms with Gasteiger partial charge in [0.2, 0.25) is 17.6 Å². The summed E-state index contributed by atoms with van der Waals surface area (Å²) in [5.41, 5.74) is 0.804. The quantitative estimate of drug-likeness (QED) is 0.683. The van der Waals surface area contributed by atoms with Gasteiger partial charge in [-0.1, -0.05) is 20.8 Å². The first-order chi connectivity index (χ1) is 14.7. The summed E-state index contributed by atoms with van der Waals surface area (Å²) in [7, 11) is 4.72. The highest BCUT2D eigenvalue weighted by atomic mass is 16.5. The fraction of sp³-hybridized carbons (Fsp3) is 0.667. The summed E-state index contributed by atoms with van der Waals surface area (Å²) >= 11 is 0. The molecule has 1 saturated heterocycles. The van der Waals surface area contributed by atoms with Crippen LogP contribution in [0.2, 0.25) is 0 Å². The van der Waals surface area contributed by atoms with E-state index in [9.17, 15) is 9.59 Å². The minimum Gasteiger partial charge on any atom is -0.493 e. The zero-order chi connectivity index (χ0) is 22.8. The van der Waals surface area contributed by atoms with Gasteiger partial charge in [-0.2, -0.15) is 0 Å². The third kappa shape index (κ3) is 5.63. The zero-order valence-electron chi connectivity index (χ0n) is 19.6. The Morgan fingerprint density at radius 1 is 1.03 bits per heavy atom. The molecule has 0 aromatic heterocycles. The lowest BCUT2D eigenvalue weighted by molar-refractivity contribution is -0.132. The van der Waals surface area contributed by atoms with Crippen LogP contribution in [-0.4, -0.2) is 57.7 Å². The second-order valence-electron chi connectivity index (χ2n) is 9.90. The minimum absolute atomic E-state index is 0.0108. The second-order valence-corrected chi connectivity index (χ2v) is 9.90. The van der Waals surface area contributed by atoms with Crippen molar-refractivity contribution in [2.24, 2.45) is 17.3 Å². The van der Waals surface area contributed by atoms with Gasteiger partial charge in [0.1, 0.15) is 0 Å². The molecule has 1 aromatic carbocycles. The van der Waals surface area contributed by atoms with Crippen molar-refractivity contribution in [3.05, 3.63) is 17.7 Å². The van der Waals surface area contributed by atoms with Crippen LogP contribution in [0.15, 0.2) is 12.1 Å². The normalized spacial score (nSPS) is 21.0. The van der Waals surface area contributed by atoms with Gasteiger partial charge in [-0.05, 0) is 41.9 Å². The topological polar surface area (TPSA) is 77.1 Å². The Morgan fingerprint density at radius 3 is 2.13 bits per heavy atom. The molecule has 2 aliphatic rings. The summed E-state index contributed by atoms with van der Waals surface area (Å²) in [5, 5.41) is 3.11. The maximum atomic E-state index is 13.1. The molecule has 1 saturated carbocycles. The lowest BCUT2D eigenvalue weighted by Gasteiger charge is -2.23. The summed E-state index contributed by atoms with van der Waals surface area (Å²) in [5.74, 6) is 1.86. The Morgan fingerprint density at radius 2 is 1.65 bits per heavy atom. The van der Waals surface area contributed by atoms with Crippen LogP contribution in [0.1, 0.15) is 51.5 Å². The highest BCUT2D eigenvalue weighted by Gasteiger charge is 2.41. The van der Waals surface area contributed by atoms with Crippen molar-refractivity contribution < 1.29 is 23.8 Å². The summed E-state index contributed by atoms with van der Waals surface area (Å²) in [6.07, 6.45) is 2.81.